The highest BCUT2D eigenvalue weighted by atomic mass is 15.1. The minimum absolute atomic E-state index is 0.0490. The minimum Gasteiger partial charge on any atom is -0.365 e. The molecule has 1 aromatic heterocycles. The van der Waals surface area contributed by atoms with Gasteiger partial charge in [-0.15, -0.1) is 0 Å². The molecule has 2 N–H and O–H groups in total. The van der Waals surface area contributed by atoms with Crippen LogP contribution in [0.3, 0.4) is 0 Å². The fraction of sp³-hybridized carbons (Fsp3) is 0.375. The number of rotatable bonds is 2. The molecule has 4 nitrogen and oxygen atoms in total. The van der Waals surface area contributed by atoms with Gasteiger partial charge in [-0.1, -0.05) is 18.2 Å². The Morgan fingerprint density at radius 1 is 1.30 bits per heavy atom. The van der Waals surface area contributed by atoms with Crippen LogP contribution in [0.2, 0.25) is 0 Å². The monoisotopic (exact) mass is 266 g/mol. The molecule has 1 aliphatic rings. The second-order valence-electron chi connectivity index (χ2n) is 5.62. The van der Waals surface area contributed by atoms with Crippen LogP contribution in [0.4, 0.5) is 5.82 Å². The van der Waals surface area contributed by atoms with Crippen molar-refractivity contribution in [3.8, 4) is 6.07 Å². The summed E-state index contributed by atoms with van der Waals surface area (Å²) in [5, 5.41) is 17.1. The van der Waals surface area contributed by atoms with E-state index >= 15 is 0 Å². The Morgan fingerprint density at radius 3 is 2.80 bits per heavy atom. The largest absolute Gasteiger partial charge is 0.365 e. The summed E-state index contributed by atoms with van der Waals surface area (Å²) in [5.41, 5.74) is 1.59. The molecule has 1 aromatic carbocycles. The molecule has 0 unspecified atom stereocenters. The number of para-hydroxylation sites is 1. The van der Waals surface area contributed by atoms with E-state index in [0.29, 0.717) is 5.56 Å². The number of fused-ring (bicyclic) bond motifs is 1. The summed E-state index contributed by atoms with van der Waals surface area (Å²) < 4.78 is 0. The lowest BCUT2D eigenvalue weighted by Crippen LogP contribution is -2.45. The van der Waals surface area contributed by atoms with Gasteiger partial charge in [-0.25, -0.2) is 4.98 Å². The molecule has 4 heteroatoms. The first-order valence-electron chi connectivity index (χ1n) is 6.99. The number of piperidine rings is 1. The Hall–Kier alpha value is -2.12. The lowest BCUT2D eigenvalue weighted by molar-refractivity contribution is 0.364. The van der Waals surface area contributed by atoms with E-state index in [1.165, 1.54) is 0 Å². The predicted molar refractivity (Wildman–Crippen MR) is 80.6 cm³/mol. The lowest BCUT2D eigenvalue weighted by Gasteiger charge is -2.35. The van der Waals surface area contributed by atoms with Gasteiger partial charge in [-0.2, -0.15) is 5.26 Å². The lowest BCUT2D eigenvalue weighted by atomic mass is 9.90. The molecule has 3 rings (SSSR count). The van der Waals surface area contributed by atoms with E-state index < -0.39 is 0 Å². The van der Waals surface area contributed by atoms with Crippen LogP contribution in [0, 0.1) is 11.3 Å². The summed E-state index contributed by atoms with van der Waals surface area (Å²) in [6.45, 7) is 4.25. The Kier molecular flexibility index (Phi) is 3.29. The zero-order valence-corrected chi connectivity index (χ0v) is 11.6. The molecule has 0 atom stereocenters. The van der Waals surface area contributed by atoms with Crippen LogP contribution in [0.25, 0.3) is 10.9 Å². The molecule has 102 valence electrons. The van der Waals surface area contributed by atoms with Gasteiger partial charge in [0.05, 0.1) is 17.1 Å². The van der Waals surface area contributed by atoms with Crippen molar-refractivity contribution < 1.29 is 0 Å². The number of aromatic nitrogens is 1. The maximum atomic E-state index is 9.31. The molecule has 1 fully saturated rings. The predicted octanol–water partition coefficient (Wildman–Crippen LogP) is 2.66. The second-order valence-corrected chi connectivity index (χ2v) is 5.62. The molecule has 0 radical (unpaired) electrons. The highest BCUT2D eigenvalue weighted by Crippen LogP contribution is 2.26. The Labute approximate surface area is 118 Å². The summed E-state index contributed by atoms with van der Waals surface area (Å²) in [7, 11) is 0. The summed E-state index contributed by atoms with van der Waals surface area (Å²) in [6.07, 6.45) is 2.12. The van der Waals surface area contributed by atoms with Crippen molar-refractivity contribution in [1.29, 1.82) is 5.26 Å². The summed E-state index contributed by atoms with van der Waals surface area (Å²) >= 11 is 0. The van der Waals surface area contributed by atoms with Crippen LogP contribution in [-0.4, -0.2) is 23.6 Å². The fourth-order valence-electron chi connectivity index (χ4n) is 2.74. The average Bonchev–Trinajstić information content (AvgIpc) is 2.46. The molecule has 1 saturated heterocycles. The van der Waals surface area contributed by atoms with Crippen LogP contribution >= 0.6 is 0 Å². The number of nitriles is 1. The van der Waals surface area contributed by atoms with Gasteiger partial charge in [0.2, 0.25) is 0 Å². The third-order valence-electron chi connectivity index (χ3n) is 3.97. The van der Waals surface area contributed by atoms with Gasteiger partial charge < -0.3 is 10.6 Å². The van der Waals surface area contributed by atoms with Gasteiger partial charge in [0, 0.05) is 10.9 Å². The van der Waals surface area contributed by atoms with Crippen molar-refractivity contribution in [3.63, 3.8) is 0 Å². The summed E-state index contributed by atoms with van der Waals surface area (Å²) in [6, 6.07) is 11.9. The maximum absolute atomic E-state index is 9.31. The number of benzene rings is 1. The molecular formula is C16H18N4. The van der Waals surface area contributed by atoms with E-state index in [1.807, 2.05) is 30.3 Å². The van der Waals surface area contributed by atoms with Gasteiger partial charge in [0.1, 0.15) is 5.82 Å². The number of hydrogen-bond acceptors (Lipinski definition) is 4. The first-order valence-corrected chi connectivity index (χ1v) is 6.99. The van der Waals surface area contributed by atoms with Crippen LogP contribution < -0.4 is 10.6 Å². The second kappa shape index (κ2) is 5.10. The molecule has 2 aromatic rings. The first kappa shape index (κ1) is 12.9. The third-order valence-corrected chi connectivity index (χ3v) is 3.97. The van der Waals surface area contributed by atoms with Gasteiger partial charge in [0.15, 0.2) is 0 Å². The summed E-state index contributed by atoms with van der Waals surface area (Å²) in [5.74, 6) is 0.796. The Bertz CT molecular complexity index is 666. The van der Waals surface area contributed by atoms with E-state index in [-0.39, 0.29) is 5.54 Å². The van der Waals surface area contributed by atoms with Crippen LogP contribution in [0.15, 0.2) is 30.3 Å². The fourth-order valence-corrected chi connectivity index (χ4v) is 2.74. The molecule has 0 amide bonds. The number of nitrogens with one attached hydrogen (secondary N) is 2. The van der Waals surface area contributed by atoms with Crippen LogP contribution in [-0.2, 0) is 0 Å². The molecule has 0 saturated carbocycles. The normalized spacial score (nSPS) is 17.6. The molecule has 0 bridgehead atoms. The highest BCUT2D eigenvalue weighted by Gasteiger charge is 2.26. The molecule has 0 aliphatic carbocycles. The SMILES string of the molecule is CC1(Nc2cc(C#N)c3ccccc3n2)CCNCC1. The van der Waals surface area contributed by atoms with Crippen molar-refractivity contribution in [2.45, 2.75) is 25.3 Å². The molecule has 20 heavy (non-hydrogen) atoms. The number of hydrogen-bond donors (Lipinski definition) is 2. The first-order chi connectivity index (χ1) is 9.70. The zero-order chi connectivity index (χ0) is 14.0. The highest BCUT2D eigenvalue weighted by molar-refractivity contribution is 5.86. The van der Waals surface area contributed by atoms with Crippen molar-refractivity contribution >= 4 is 16.7 Å². The van der Waals surface area contributed by atoms with E-state index in [0.717, 1.165) is 42.7 Å². The van der Waals surface area contributed by atoms with Crippen LogP contribution in [0.5, 0.6) is 0 Å². The van der Waals surface area contributed by atoms with Gasteiger partial charge in [-0.05, 0) is 45.0 Å². The molecular weight excluding hydrogens is 248 g/mol. The Balaban J connectivity index is 1.98. The van der Waals surface area contributed by atoms with Crippen molar-refractivity contribution in [3.05, 3.63) is 35.9 Å². The van der Waals surface area contributed by atoms with Crippen molar-refractivity contribution in [2.75, 3.05) is 18.4 Å². The quantitative estimate of drug-likeness (QED) is 0.877. The van der Waals surface area contributed by atoms with Gasteiger partial charge in [0.25, 0.3) is 0 Å². The molecule has 1 aliphatic heterocycles. The van der Waals surface area contributed by atoms with Crippen LogP contribution in [0.1, 0.15) is 25.3 Å². The Morgan fingerprint density at radius 2 is 2.05 bits per heavy atom. The molecule has 2 heterocycles. The number of anilines is 1. The van der Waals surface area contributed by atoms with E-state index in [4.69, 9.17) is 0 Å². The summed E-state index contributed by atoms with van der Waals surface area (Å²) in [4.78, 5) is 4.64. The van der Waals surface area contributed by atoms with Crippen molar-refractivity contribution in [1.82, 2.24) is 10.3 Å². The zero-order valence-electron chi connectivity index (χ0n) is 11.6. The number of pyridine rings is 1. The number of nitrogens with zero attached hydrogens (tertiary/aromatic N) is 2. The average molecular weight is 266 g/mol. The smallest absolute Gasteiger partial charge is 0.128 e. The minimum atomic E-state index is 0.0490. The topological polar surface area (TPSA) is 60.7 Å². The molecule has 0 spiro atoms. The van der Waals surface area contributed by atoms with E-state index in [1.54, 1.807) is 0 Å². The van der Waals surface area contributed by atoms with Gasteiger partial charge >= 0.3 is 0 Å². The van der Waals surface area contributed by atoms with Gasteiger partial charge in [-0.3, -0.25) is 0 Å². The third kappa shape index (κ3) is 2.45. The van der Waals surface area contributed by atoms with E-state index in [2.05, 4.69) is 28.6 Å². The standard InChI is InChI=1S/C16H18N4/c1-16(6-8-18-9-7-16)20-15-10-12(11-17)13-4-2-3-5-14(13)19-15/h2-5,10,18H,6-9H2,1H3,(H,19,20). The van der Waals surface area contributed by atoms with Crippen molar-refractivity contribution in [2.24, 2.45) is 0 Å². The maximum Gasteiger partial charge on any atom is 0.128 e. The van der Waals surface area contributed by atoms with E-state index in [9.17, 15) is 5.26 Å².